The van der Waals surface area contributed by atoms with E-state index in [9.17, 15) is 0 Å². The standard InChI is InChI=1S/C10H16N8O/c1-3-17(6-7(2)10(11)14-19)9-5-12-4-8-13-15-16-18(8)9/h4-5,7,19H,3,6H2,1-2H3,(H2,11,14). The first kappa shape index (κ1) is 13.0. The number of nitrogens with zero attached hydrogens (tertiary/aromatic N) is 7. The van der Waals surface area contributed by atoms with Gasteiger partial charge in [0.15, 0.2) is 11.5 Å². The lowest BCUT2D eigenvalue weighted by atomic mass is 10.1. The number of oxime groups is 1. The molecule has 0 saturated carbocycles. The molecule has 2 aromatic rings. The Morgan fingerprint density at radius 2 is 2.37 bits per heavy atom. The van der Waals surface area contributed by atoms with Crippen molar-refractivity contribution in [1.29, 1.82) is 0 Å². The Morgan fingerprint density at radius 3 is 3.05 bits per heavy atom. The molecule has 0 amide bonds. The van der Waals surface area contributed by atoms with Crippen molar-refractivity contribution in [2.75, 3.05) is 18.0 Å². The first-order valence-corrected chi connectivity index (χ1v) is 5.91. The third-order valence-corrected chi connectivity index (χ3v) is 2.91. The van der Waals surface area contributed by atoms with E-state index in [1.807, 2.05) is 18.7 Å². The van der Waals surface area contributed by atoms with Crippen molar-refractivity contribution in [3.05, 3.63) is 12.4 Å². The van der Waals surface area contributed by atoms with E-state index in [2.05, 4.69) is 25.7 Å². The van der Waals surface area contributed by atoms with Crippen molar-refractivity contribution in [1.82, 2.24) is 25.0 Å². The highest BCUT2D eigenvalue weighted by molar-refractivity contribution is 5.82. The predicted molar refractivity (Wildman–Crippen MR) is 69.0 cm³/mol. The lowest BCUT2D eigenvalue weighted by Crippen LogP contribution is -2.36. The van der Waals surface area contributed by atoms with Crippen LogP contribution in [-0.2, 0) is 0 Å². The fraction of sp³-hybridized carbons (Fsp3) is 0.500. The van der Waals surface area contributed by atoms with Gasteiger partial charge in [-0.2, -0.15) is 4.52 Å². The third-order valence-electron chi connectivity index (χ3n) is 2.91. The minimum atomic E-state index is -0.100. The van der Waals surface area contributed by atoms with Crippen molar-refractivity contribution in [2.24, 2.45) is 16.8 Å². The first-order chi connectivity index (χ1) is 9.17. The van der Waals surface area contributed by atoms with E-state index in [4.69, 9.17) is 10.9 Å². The second kappa shape index (κ2) is 5.46. The van der Waals surface area contributed by atoms with Crippen molar-refractivity contribution in [3.63, 3.8) is 0 Å². The second-order valence-electron chi connectivity index (χ2n) is 4.18. The topological polar surface area (TPSA) is 118 Å². The molecular weight excluding hydrogens is 248 g/mol. The van der Waals surface area contributed by atoms with Gasteiger partial charge in [0, 0.05) is 19.0 Å². The molecule has 102 valence electrons. The molecule has 9 heteroatoms. The van der Waals surface area contributed by atoms with Crippen LogP contribution in [0, 0.1) is 5.92 Å². The molecule has 9 nitrogen and oxygen atoms in total. The van der Waals surface area contributed by atoms with Gasteiger partial charge in [-0.15, -0.1) is 5.10 Å². The number of tetrazole rings is 1. The van der Waals surface area contributed by atoms with Gasteiger partial charge in [0.25, 0.3) is 0 Å². The SMILES string of the molecule is CCN(CC(C)C(N)=NO)c1cncc2nnnn12. The summed E-state index contributed by atoms with van der Waals surface area (Å²) in [4.78, 5) is 6.12. The fourth-order valence-electron chi connectivity index (χ4n) is 1.79. The maximum atomic E-state index is 8.69. The van der Waals surface area contributed by atoms with Crippen LogP contribution in [0.5, 0.6) is 0 Å². The Labute approximate surface area is 109 Å². The Kier molecular flexibility index (Phi) is 3.74. The van der Waals surface area contributed by atoms with E-state index < -0.39 is 0 Å². The van der Waals surface area contributed by atoms with Gasteiger partial charge in [-0.3, -0.25) is 4.98 Å². The Bertz CT molecular complexity index is 580. The molecule has 19 heavy (non-hydrogen) atoms. The van der Waals surface area contributed by atoms with Gasteiger partial charge in [-0.05, 0) is 17.4 Å². The molecule has 2 rings (SSSR count). The maximum absolute atomic E-state index is 8.69. The summed E-state index contributed by atoms with van der Waals surface area (Å²) in [5.41, 5.74) is 6.18. The summed E-state index contributed by atoms with van der Waals surface area (Å²) in [6.07, 6.45) is 3.27. The van der Waals surface area contributed by atoms with Crippen LogP contribution in [0.3, 0.4) is 0 Å². The number of nitrogens with two attached hydrogens (primary N) is 1. The Balaban J connectivity index is 2.29. The van der Waals surface area contributed by atoms with Crippen LogP contribution in [-0.4, -0.2) is 49.2 Å². The molecule has 0 aliphatic rings. The van der Waals surface area contributed by atoms with Crippen LogP contribution in [0.4, 0.5) is 5.82 Å². The average molecular weight is 264 g/mol. The van der Waals surface area contributed by atoms with E-state index in [1.54, 1.807) is 16.9 Å². The molecule has 0 radical (unpaired) electrons. The molecule has 0 aliphatic carbocycles. The van der Waals surface area contributed by atoms with Crippen LogP contribution in [0.15, 0.2) is 17.5 Å². The lowest BCUT2D eigenvalue weighted by molar-refractivity contribution is 0.314. The highest BCUT2D eigenvalue weighted by Gasteiger charge is 2.16. The van der Waals surface area contributed by atoms with Crippen molar-refractivity contribution in [2.45, 2.75) is 13.8 Å². The second-order valence-corrected chi connectivity index (χ2v) is 4.18. The maximum Gasteiger partial charge on any atom is 0.199 e. The normalized spacial score (nSPS) is 13.7. The quantitative estimate of drug-likeness (QED) is 0.330. The largest absolute Gasteiger partial charge is 0.409 e. The molecule has 1 atom stereocenters. The van der Waals surface area contributed by atoms with E-state index in [1.165, 1.54) is 0 Å². The van der Waals surface area contributed by atoms with E-state index in [-0.39, 0.29) is 11.8 Å². The molecule has 0 aliphatic heterocycles. The van der Waals surface area contributed by atoms with Crippen LogP contribution in [0.25, 0.3) is 5.65 Å². The van der Waals surface area contributed by atoms with E-state index in [0.717, 1.165) is 12.4 Å². The summed E-state index contributed by atoms with van der Waals surface area (Å²) < 4.78 is 1.61. The summed E-state index contributed by atoms with van der Waals surface area (Å²) in [7, 11) is 0. The zero-order valence-electron chi connectivity index (χ0n) is 10.8. The van der Waals surface area contributed by atoms with Crippen LogP contribution < -0.4 is 10.6 Å². The smallest absolute Gasteiger partial charge is 0.199 e. The van der Waals surface area contributed by atoms with E-state index in [0.29, 0.717) is 12.2 Å². The highest BCUT2D eigenvalue weighted by Crippen LogP contribution is 2.14. The number of hydrogen-bond donors (Lipinski definition) is 2. The van der Waals surface area contributed by atoms with Gasteiger partial charge in [0.05, 0.1) is 12.4 Å². The third kappa shape index (κ3) is 2.54. The van der Waals surface area contributed by atoms with Crippen LogP contribution in [0.2, 0.25) is 0 Å². The molecule has 3 N–H and O–H groups in total. The van der Waals surface area contributed by atoms with Gasteiger partial charge in [-0.1, -0.05) is 12.1 Å². The molecule has 0 aromatic carbocycles. The minimum absolute atomic E-state index is 0.100. The predicted octanol–water partition coefficient (Wildman–Crippen LogP) is -0.272. The fourth-order valence-corrected chi connectivity index (χ4v) is 1.79. The molecule has 0 spiro atoms. The molecule has 0 fully saturated rings. The van der Waals surface area contributed by atoms with Crippen LogP contribution in [0.1, 0.15) is 13.8 Å². The molecule has 0 saturated heterocycles. The zero-order chi connectivity index (χ0) is 13.8. The molecule has 0 bridgehead atoms. The number of aromatic nitrogens is 5. The average Bonchev–Trinajstić information content (AvgIpc) is 2.91. The Morgan fingerprint density at radius 1 is 1.58 bits per heavy atom. The zero-order valence-corrected chi connectivity index (χ0v) is 10.8. The van der Waals surface area contributed by atoms with Gasteiger partial charge >= 0.3 is 0 Å². The monoisotopic (exact) mass is 264 g/mol. The lowest BCUT2D eigenvalue weighted by Gasteiger charge is -2.25. The molecular formula is C10H16N8O. The van der Waals surface area contributed by atoms with Crippen molar-refractivity contribution in [3.8, 4) is 0 Å². The summed E-state index contributed by atoms with van der Waals surface area (Å²) in [6.45, 7) is 5.18. The number of rotatable bonds is 5. The van der Waals surface area contributed by atoms with Gasteiger partial charge in [0.1, 0.15) is 5.84 Å². The number of hydrogen-bond acceptors (Lipinski definition) is 7. The van der Waals surface area contributed by atoms with Crippen molar-refractivity contribution < 1.29 is 5.21 Å². The van der Waals surface area contributed by atoms with Gasteiger partial charge in [0.2, 0.25) is 0 Å². The molecule has 2 heterocycles. The van der Waals surface area contributed by atoms with Crippen LogP contribution >= 0.6 is 0 Å². The molecule has 2 aromatic heterocycles. The highest BCUT2D eigenvalue weighted by atomic mass is 16.4. The number of fused-ring (bicyclic) bond motifs is 1. The summed E-state index contributed by atoms with van der Waals surface area (Å²) in [6, 6.07) is 0. The Hall–Kier alpha value is -2.45. The van der Waals surface area contributed by atoms with E-state index >= 15 is 0 Å². The summed E-state index contributed by atoms with van der Waals surface area (Å²) in [5, 5.41) is 23.1. The van der Waals surface area contributed by atoms with Crippen molar-refractivity contribution >= 4 is 17.3 Å². The number of anilines is 1. The van der Waals surface area contributed by atoms with Gasteiger partial charge < -0.3 is 15.8 Å². The summed E-state index contributed by atoms with van der Waals surface area (Å²) in [5.74, 6) is 0.856. The summed E-state index contributed by atoms with van der Waals surface area (Å²) >= 11 is 0. The number of amidine groups is 1. The first-order valence-electron chi connectivity index (χ1n) is 5.91. The van der Waals surface area contributed by atoms with Gasteiger partial charge in [-0.25, -0.2) is 0 Å². The molecule has 1 unspecified atom stereocenters. The minimum Gasteiger partial charge on any atom is -0.409 e.